The van der Waals surface area contributed by atoms with Gasteiger partial charge < -0.3 is 4.90 Å². The molecule has 1 aromatic carbocycles. The van der Waals surface area contributed by atoms with E-state index in [1.54, 1.807) is 0 Å². The van der Waals surface area contributed by atoms with Crippen molar-refractivity contribution in [3.8, 4) is 0 Å². The van der Waals surface area contributed by atoms with Gasteiger partial charge in [-0.1, -0.05) is 11.6 Å². The zero-order chi connectivity index (χ0) is 13.4. The molecule has 0 unspecified atom stereocenters. The Hall–Kier alpha value is -0.630. The van der Waals surface area contributed by atoms with Crippen LogP contribution in [0.25, 0.3) is 0 Å². The van der Waals surface area contributed by atoms with Crippen molar-refractivity contribution in [1.82, 2.24) is 4.90 Å². The second-order valence-electron chi connectivity index (χ2n) is 3.51. The molecule has 0 saturated carbocycles. The molecular formula is C9H10BrClN2O3S. The van der Waals surface area contributed by atoms with Crippen molar-refractivity contribution in [2.24, 2.45) is 5.14 Å². The number of halogens is 2. The maximum atomic E-state index is 11.8. The summed E-state index contributed by atoms with van der Waals surface area (Å²) in [7, 11) is -0.807. The van der Waals surface area contributed by atoms with Gasteiger partial charge in [0.1, 0.15) is 0 Å². The molecule has 0 spiro atoms. The molecule has 2 N–H and O–H groups in total. The first-order chi connectivity index (χ1) is 7.64. The van der Waals surface area contributed by atoms with Crippen molar-refractivity contribution < 1.29 is 13.2 Å². The maximum Gasteiger partial charge on any atom is 0.254 e. The van der Waals surface area contributed by atoms with Gasteiger partial charge in [-0.25, -0.2) is 13.6 Å². The van der Waals surface area contributed by atoms with Gasteiger partial charge in [-0.05, 0) is 28.1 Å². The molecule has 0 bridgehead atoms. The summed E-state index contributed by atoms with van der Waals surface area (Å²) in [6.45, 7) is 0. The van der Waals surface area contributed by atoms with Crippen molar-refractivity contribution in [3.63, 3.8) is 0 Å². The normalized spacial score (nSPS) is 11.4. The van der Waals surface area contributed by atoms with E-state index in [4.69, 9.17) is 16.7 Å². The molecule has 8 heteroatoms. The first kappa shape index (κ1) is 14.4. The van der Waals surface area contributed by atoms with Crippen LogP contribution in [0.4, 0.5) is 0 Å². The summed E-state index contributed by atoms with van der Waals surface area (Å²) in [5.41, 5.74) is 0.0788. The summed E-state index contributed by atoms with van der Waals surface area (Å²) >= 11 is 9.01. The number of hydrogen-bond donors (Lipinski definition) is 1. The summed E-state index contributed by atoms with van der Waals surface area (Å²) < 4.78 is 22.8. The van der Waals surface area contributed by atoms with Crippen molar-refractivity contribution in [2.75, 3.05) is 14.1 Å². The van der Waals surface area contributed by atoms with Crippen LogP contribution in [0.1, 0.15) is 10.4 Å². The van der Waals surface area contributed by atoms with Gasteiger partial charge >= 0.3 is 0 Å². The average Bonchev–Trinajstić information content (AvgIpc) is 2.19. The van der Waals surface area contributed by atoms with Gasteiger partial charge in [0.15, 0.2) is 0 Å². The van der Waals surface area contributed by atoms with Crippen LogP contribution in [0.15, 0.2) is 21.5 Å². The molecule has 0 fully saturated rings. The number of nitrogens with two attached hydrogens (primary N) is 1. The highest BCUT2D eigenvalue weighted by molar-refractivity contribution is 9.10. The first-order valence-electron chi connectivity index (χ1n) is 4.38. The van der Waals surface area contributed by atoms with E-state index in [2.05, 4.69) is 15.9 Å². The van der Waals surface area contributed by atoms with E-state index in [0.717, 1.165) is 6.07 Å². The number of rotatable bonds is 2. The molecule has 0 aliphatic rings. The lowest BCUT2D eigenvalue weighted by Gasteiger charge is -2.13. The molecule has 0 atom stereocenters. The Morgan fingerprint density at radius 1 is 1.41 bits per heavy atom. The zero-order valence-electron chi connectivity index (χ0n) is 9.07. The summed E-state index contributed by atoms with van der Waals surface area (Å²) in [4.78, 5) is 12.9. The van der Waals surface area contributed by atoms with Crippen LogP contribution < -0.4 is 5.14 Å². The third-order valence-electron chi connectivity index (χ3n) is 1.97. The highest BCUT2D eigenvalue weighted by Crippen LogP contribution is 2.30. The van der Waals surface area contributed by atoms with E-state index in [9.17, 15) is 13.2 Å². The molecule has 94 valence electrons. The van der Waals surface area contributed by atoms with Gasteiger partial charge in [-0.2, -0.15) is 0 Å². The fourth-order valence-corrected chi connectivity index (χ4v) is 2.49. The number of nitrogens with zero attached hydrogens (tertiary/aromatic N) is 1. The fourth-order valence-electron chi connectivity index (χ4n) is 1.12. The number of benzene rings is 1. The number of hydrogen-bond acceptors (Lipinski definition) is 3. The molecule has 1 amide bonds. The van der Waals surface area contributed by atoms with Gasteiger partial charge in [0.2, 0.25) is 10.0 Å². The van der Waals surface area contributed by atoms with Gasteiger partial charge in [0.25, 0.3) is 5.91 Å². The Kier molecular flexibility index (Phi) is 4.19. The maximum absolute atomic E-state index is 11.8. The Labute approximate surface area is 113 Å². The van der Waals surface area contributed by atoms with Gasteiger partial charge in [0, 0.05) is 18.6 Å². The number of carbonyl (C=O) groups excluding carboxylic acids is 1. The highest BCUT2D eigenvalue weighted by Gasteiger charge is 2.19. The summed E-state index contributed by atoms with van der Waals surface area (Å²) in [6.07, 6.45) is 0. The topological polar surface area (TPSA) is 80.5 Å². The number of amides is 1. The lowest BCUT2D eigenvalue weighted by molar-refractivity contribution is 0.0827. The minimum Gasteiger partial charge on any atom is -0.345 e. The van der Waals surface area contributed by atoms with Gasteiger partial charge in [-0.3, -0.25) is 4.79 Å². The van der Waals surface area contributed by atoms with E-state index in [0.29, 0.717) is 4.47 Å². The van der Waals surface area contributed by atoms with Crippen LogP contribution in [0.2, 0.25) is 5.02 Å². The SMILES string of the molecule is CN(C)C(=O)c1cc(S(N)(=O)=O)cc(Br)c1Cl. The minimum atomic E-state index is -3.88. The minimum absolute atomic E-state index is 0.0788. The van der Waals surface area contributed by atoms with Crippen molar-refractivity contribution in [1.29, 1.82) is 0 Å². The molecule has 0 heterocycles. The van der Waals surface area contributed by atoms with E-state index in [1.807, 2.05) is 0 Å². The molecule has 0 radical (unpaired) electrons. The smallest absolute Gasteiger partial charge is 0.254 e. The summed E-state index contributed by atoms with van der Waals surface area (Å²) in [5, 5.41) is 5.15. The second-order valence-corrected chi connectivity index (χ2v) is 6.30. The second kappa shape index (κ2) is 4.93. The Morgan fingerprint density at radius 3 is 2.35 bits per heavy atom. The number of sulfonamides is 1. The van der Waals surface area contributed by atoms with E-state index < -0.39 is 15.9 Å². The average molecular weight is 342 g/mol. The molecule has 0 aliphatic carbocycles. The van der Waals surface area contributed by atoms with E-state index in [-0.39, 0.29) is 15.5 Å². The third kappa shape index (κ3) is 3.19. The number of primary sulfonamides is 1. The quantitative estimate of drug-likeness (QED) is 0.884. The summed E-state index contributed by atoms with van der Waals surface area (Å²) in [6, 6.07) is 2.41. The zero-order valence-corrected chi connectivity index (χ0v) is 12.2. The largest absolute Gasteiger partial charge is 0.345 e. The van der Waals surface area contributed by atoms with Crippen LogP contribution in [-0.4, -0.2) is 33.3 Å². The molecule has 1 rings (SSSR count). The molecule has 0 aliphatic heterocycles. The van der Waals surface area contributed by atoms with E-state index in [1.165, 1.54) is 25.1 Å². The Bertz CT molecular complexity index is 572. The monoisotopic (exact) mass is 340 g/mol. The number of carbonyl (C=O) groups is 1. The summed E-state index contributed by atoms with van der Waals surface area (Å²) in [5.74, 6) is -0.402. The molecule has 0 aromatic heterocycles. The molecule has 0 saturated heterocycles. The third-order valence-corrected chi connectivity index (χ3v) is 4.12. The predicted molar refractivity (Wildman–Crippen MR) is 68.5 cm³/mol. The Morgan fingerprint density at radius 2 is 1.94 bits per heavy atom. The fraction of sp³-hybridized carbons (Fsp3) is 0.222. The lowest BCUT2D eigenvalue weighted by Crippen LogP contribution is -2.23. The van der Waals surface area contributed by atoms with Crippen LogP contribution in [-0.2, 0) is 10.0 Å². The van der Waals surface area contributed by atoms with Crippen molar-refractivity contribution in [3.05, 3.63) is 27.2 Å². The lowest BCUT2D eigenvalue weighted by atomic mass is 10.2. The molecule has 5 nitrogen and oxygen atoms in total. The molecule has 17 heavy (non-hydrogen) atoms. The standard InChI is InChI=1S/C9H10BrClN2O3S/c1-13(2)9(14)6-3-5(17(12,15)16)4-7(10)8(6)11/h3-4H,1-2H3,(H2,12,15,16). The first-order valence-corrected chi connectivity index (χ1v) is 7.10. The van der Waals surface area contributed by atoms with Gasteiger partial charge in [-0.15, -0.1) is 0 Å². The van der Waals surface area contributed by atoms with Crippen LogP contribution >= 0.6 is 27.5 Å². The molecular weight excluding hydrogens is 332 g/mol. The van der Waals surface area contributed by atoms with Crippen molar-refractivity contribution >= 4 is 43.5 Å². The highest BCUT2D eigenvalue weighted by atomic mass is 79.9. The van der Waals surface area contributed by atoms with Crippen molar-refractivity contribution in [2.45, 2.75) is 4.90 Å². The predicted octanol–water partition coefficient (Wildman–Crippen LogP) is 1.45. The molecule has 1 aromatic rings. The van der Waals surface area contributed by atoms with Crippen LogP contribution in [0.5, 0.6) is 0 Å². The Balaban J connectivity index is 3.51. The van der Waals surface area contributed by atoms with Gasteiger partial charge in [0.05, 0.1) is 15.5 Å². The van der Waals surface area contributed by atoms with E-state index >= 15 is 0 Å². The van der Waals surface area contributed by atoms with Crippen LogP contribution in [0, 0.1) is 0 Å². The van der Waals surface area contributed by atoms with Crippen LogP contribution in [0.3, 0.4) is 0 Å².